The number of rotatable bonds is 5. The van der Waals surface area contributed by atoms with E-state index in [2.05, 4.69) is 21.4 Å². The van der Waals surface area contributed by atoms with Crippen LogP contribution in [-0.2, 0) is 13.0 Å². The normalized spacial score (nSPS) is 10.6. The molecule has 1 heterocycles. The first-order valence-electron chi connectivity index (χ1n) is 5.27. The molecular weight excluding hydrogens is 222 g/mol. The van der Waals surface area contributed by atoms with Crippen LogP contribution in [0.15, 0.2) is 36.8 Å². The van der Waals surface area contributed by atoms with E-state index in [4.69, 9.17) is 11.6 Å². The molecule has 0 aliphatic rings. The van der Waals surface area contributed by atoms with E-state index in [0.29, 0.717) is 0 Å². The maximum absolute atomic E-state index is 5.91. The van der Waals surface area contributed by atoms with Gasteiger partial charge in [0, 0.05) is 23.5 Å². The van der Waals surface area contributed by atoms with Gasteiger partial charge < -0.3 is 10.3 Å². The molecule has 0 bridgehead atoms. The molecule has 0 amide bonds. The predicted molar refractivity (Wildman–Crippen MR) is 65.5 cm³/mol. The molecule has 0 saturated heterocycles. The summed E-state index contributed by atoms with van der Waals surface area (Å²) >= 11 is 5.91. The number of hydrogen-bond donors (Lipinski definition) is 2. The van der Waals surface area contributed by atoms with Gasteiger partial charge in [-0.1, -0.05) is 23.7 Å². The van der Waals surface area contributed by atoms with Crippen LogP contribution in [-0.4, -0.2) is 16.5 Å². The van der Waals surface area contributed by atoms with E-state index in [0.717, 1.165) is 30.2 Å². The van der Waals surface area contributed by atoms with Gasteiger partial charge in [0.1, 0.15) is 0 Å². The van der Waals surface area contributed by atoms with Gasteiger partial charge in [0.25, 0.3) is 0 Å². The molecule has 84 valence electrons. The SMILES string of the molecule is Clc1cccc(CCNCc2cnc[nH]2)c1. The Bertz CT molecular complexity index is 426. The van der Waals surface area contributed by atoms with Gasteiger partial charge >= 0.3 is 0 Å². The van der Waals surface area contributed by atoms with Crippen LogP contribution in [0.4, 0.5) is 0 Å². The lowest BCUT2D eigenvalue weighted by atomic mass is 10.1. The zero-order chi connectivity index (χ0) is 11.2. The fourth-order valence-corrected chi connectivity index (χ4v) is 1.74. The molecule has 0 aliphatic heterocycles. The van der Waals surface area contributed by atoms with Crippen molar-refractivity contribution in [2.45, 2.75) is 13.0 Å². The number of halogens is 1. The number of H-pyrrole nitrogens is 1. The topological polar surface area (TPSA) is 40.7 Å². The maximum Gasteiger partial charge on any atom is 0.0922 e. The molecule has 0 radical (unpaired) electrons. The number of hydrogen-bond acceptors (Lipinski definition) is 2. The van der Waals surface area contributed by atoms with Crippen LogP contribution in [0.1, 0.15) is 11.3 Å². The molecule has 1 aromatic heterocycles. The number of benzene rings is 1. The second kappa shape index (κ2) is 5.68. The summed E-state index contributed by atoms with van der Waals surface area (Å²) in [6.45, 7) is 1.75. The molecule has 0 saturated carbocycles. The van der Waals surface area contributed by atoms with Crippen molar-refractivity contribution < 1.29 is 0 Å². The number of aromatic amines is 1. The van der Waals surface area contributed by atoms with Crippen molar-refractivity contribution in [1.29, 1.82) is 0 Å². The molecule has 16 heavy (non-hydrogen) atoms. The molecule has 4 heteroatoms. The summed E-state index contributed by atoms with van der Waals surface area (Å²) in [7, 11) is 0. The van der Waals surface area contributed by atoms with Crippen molar-refractivity contribution in [2.24, 2.45) is 0 Å². The molecular formula is C12H14ClN3. The van der Waals surface area contributed by atoms with Gasteiger partial charge in [0.2, 0.25) is 0 Å². The Balaban J connectivity index is 1.72. The Morgan fingerprint density at radius 1 is 1.38 bits per heavy atom. The van der Waals surface area contributed by atoms with E-state index in [1.54, 1.807) is 6.33 Å². The average Bonchev–Trinajstić information content (AvgIpc) is 2.77. The minimum Gasteiger partial charge on any atom is -0.347 e. The van der Waals surface area contributed by atoms with Gasteiger partial charge in [0.05, 0.1) is 6.33 Å². The van der Waals surface area contributed by atoms with Crippen molar-refractivity contribution >= 4 is 11.6 Å². The van der Waals surface area contributed by atoms with Crippen molar-refractivity contribution in [2.75, 3.05) is 6.54 Å². The predicted octanol–water partition coefficient (Wildman–Crippen LogP) is 2.40. The van der Waals surface area contributed by atoms with Gasteiger partial charge in [-0.05, 0) is 30.7 Å². The lowest BCUT2D eigenvalue weighted by Crippen LogP contribution is -2.16. The van der Waals surface area contributed by atoms with Crippen LogP contribution in [0.25, 0.3) is 0 Å². The average molecular weight is 236 g/mol. The number of imidazole rings is 1. The fourth-order valence-electron chi connectivity index (χ4n) is 1.53. The monoisotopic (exact) mass is 235 g/mol. The van der Waals surface area contributed by atoms with Gasteiger partial charge in [-0.25, -0.2) is 4.98 Å². The van der Waals surface area contributed by atoms with E-state index < -0.39 is 0 Å². The third-order valence-corrected chi connectivity index (χ3v) is 2.58. The molecule has 0 unspecified atom stereocenters. The number of nitrogens with zero attached hydrogens (tertiary/aromatic N) is 1. The van der Waals surface area contributed by atoms with Crippen LogP contribution >= 0.6 is 11.6 Å². The minimum absolute atomic E-state index is 0.797. The molecule has 0 spiro atoms. The van der Waals surface area contributed by atoms with Crippen molar-refractivity contribution in [1.82, 2.24) is 15.3 Å². The third-order valence-electron chi connectivity index (χ3n) is 2.35. The van der Waals surface area contributed by atoms with Gasteiger partial charge in [-0.3, -0.25) is 0 Å². The lowest BCUT2D eigenvalue weighted by Gasteiger charge is -2.03. The van der Waals surface area contributed by atoms with E-state index in [-0.39, 0.29) is 0 Å². The summed E-state index contributed by atoms with van der Waals surface area (Å²) in [5, 5.41) is 4.14. The standard InChI is InChI=1S/C12H14ClN3/c13-11-3-1-2-10(6-11)4-5-14-7-12-8-15-9-16-12/h1-3,6,8-9,14H,4-5,7H2,(H,15,16). The van der Waals surface area contributed by atoms with E-state index >= 15 is 0 Å². The summed E-state index contributed by atoms with van der Waals surface area (Å²) in [4.78, 5) is 7.01. The highest BCUT2D eigenvalue weighted by Gasteiger charge is 1.95. The second-order valence-corrected chi connectivity index (χ2v) is 4.07. The molecule has 0 atom stereocenters. The Labute approximate surface area is 99.9 Å². The van der Waals surface area contributed by atoms with E-state index in [9.17, 15) is 0 Å². The molecule has 1 aromatic carbocycles. The second-order valence-electron chi connectivity index (χ2n) is 3.63. The van der Waals surface area contributed by atoms with E-state index in [1.165, 1.54) is 5.56 Å². The first-order chi connectivity index (χ1) is 7.84. The summed E-state index contributed by atoms with van der Waals surface area (Å²) in [6.07, 6.45) is 4.50. The Morgan fingerprint density at radius 3 is 3.06 bits per heavy atom. The molecule has 0 aliphatic carbocycles. The minimum atomic E-state index is 0.797. The first kappa shape index (κ1) is 11.2. The number of nitrogens with one attached hydrogen (secondary N) is 2. The Morgan fingerprint density at radius 2 is 2.31 bits per heavy atom. The quantitative estimate of drug-likeness (QED) is 0.782. The highest BCUT2D eigenvalue weighted by molar-refractivity contribution is 6.30. The van der Waals surface area contributed by atoms with Crippen molar-refractivity contribution in [3.05, 3.63) is 53.1 Å². The van der Waals surface area contributed by atoms with Gasteiger partial charge in [0.15, 0.2) is 0 Å². The molecule has 0 fully saturated rings. The fraction of sp³-hybridized carbons (Fsp3) is 0.250. The van der Waals surface area contributed by atoms with Crippen LogP contribution < -0.4 is 5.32 Å². The zero-order valence-corrected chi connectivity index (χ0v) is 9.67. The lowest BCUT2D eigenvalue weighted by molar-refractivity contribution is 0.677. The third kappa shape index (κ3) is 3.36. The van der Waals surface area contributed by atoms with Crippen molar-refractivity contribution in [3.63, 3.8) is 0 Å². The van der Waals surface area contributed by atoms with Crippen LogP contribution in [0.2, 0.25) is 5.02 Å². The molecule has 2 N–H and O–H groups in total. The van der Waals surface area contributed by atoms with Crippen LogP contribution in [0.5, 0.6) is 0 Å². The smallest absolute Gasteiger partial charge is 0.0922 e. The van der Waals surface area contributed by atoms with Crippen LogP contribution in [0.3, 0.4) is 0 Å². The summed E-state index contributed by atoms with van der Waals surface area (Å²) < 4.78 is 0. The summed E-state index contributed by atoms with van der Waals surface area (Å²) in [5.41, 5.74) is 2.36. The van der Waals surface area contributed by atoms with Crippen LogP contribution in [0, 0.1) is 0 Å². The molecule has 3 nitrogen and oxygen atoms in total. The highest BCUT2D eigenvalue weighted by Crippen LogP contribution is 2.10. The zero-order valence-electron chi connectivity index (χ0n) is 8.91. The largest absolute Gasteiger partial charge is 0.347 e. The summed E-state index contributed by atoms with van der Waals surface area (Å²) in [5.74, 6) is 0. The highest BCUT2D eigenvalue weighted by atomic mass is 35.5. The van der Waals surface area contributed by atoms with E-state index in [1.807, 2.05) is 24.4 Å². The number of aromatic nitrogens is 2. The van der Waals surface area contributed by atoms with Gasteiger partial charge in [-0.15, -0.1) is 0 Å². The Kier molecular flexibility index (Phi) is 3.97. The van der Waals surface area contributed by atoms with Crippen molar-refractivity contribution in [3.8, 4) is 0 Å². The summed E-state index contributed by atoms with van der Waals surface area (Å²) in [6, 6.07) is 7.96. The maximum atomic E-state index is 5.91. The molecule has 2 rings (SSSR count). The Hall–Kier alpha value is -1.32. The molecule has 2 aromatic rings. The van der Waals surface area contributed by atoms with Gasteiger partial charge in [-0.2, -0.15) is 0 Å². The first-order valence-corrected chi connectivity index (χ1v) is 5.65.